The van der Waals surface area contributed by atoms with Crippen LogP contribution in [-0.4, -0.2) is 6.21 Å². The van der Waals surface area contributed by atoms with Crippen LogP contribution in [0.1, 0.15) is 18.2 Å². The number of para-hydroxylation sites is 1. The molecule has 3 rings (SSSR count). The smallest absolute Gasteiger partial charge is 0.151 e. The van der Waals surface area contributed by atoms with Crippen LogP contribution < -0.4 is 5.43 Å². The summed E-state index contributed by atoms with van der Waals surface area (Å²) in [5.41, 5.74) is 4.34. The highest BCUT2D eigenvalue weighted by atomic mass is 19.1. The highest BCUT2D eigenvalue weighted by Crippen LogP contribution is 2.25. The van der Waals surface area contributed by atoms with Gasteiger partial charge in [-0.15, -0.1) is 0 Å². The standard InChI is InChI=1S/C17H14F2N2O/c1-2-16-13(12-5-3-4-6-17(12)22-16)10-20-21-15-8-7-11(18)9-14(15)19/h3-10,21H,2H2,1H3/b20-10-. The number of aryl methyl sites for hydroxylation is 1. The zero-order valence-corrected chi connectivity index (χ0v) is 11.9. The van der Waals surface area contributed by atoms with E-state index in [-0.39, 0.29) is 5.69 Å². The minimum Gasteiger partial charge on any atom is -0.460 e. The third-order valence-electron chi connectivity index (χ3n) is 3.34. The van der Waals surface area contributed by atoms with Gasteiger partial charge in [-0.3, -0.25) is 5.43 Å². The maximum Gasteiger partial charge on any atom is 0.151 e. The maximum atomic E-state index is 13.5. The lowest BCUT2D eigenvalue weighted by Gasteiger charge is -2.01. The number of rotatable bonds is 4. The normalized spacial score (nSPS) is 11.4. The average molecular weight is 300 g/mol. The Morgan fingerprint density at radius 3 is 2.77 bits per heavy atom. The number of hydrazone groups is 1. The summed E-state index contributed by atoms with van der Waals surface area (Å²) in [7, 11) is 0. The second kappa shape index (κ2) is 5.97. The molecule has 0 aliphatic carbocycles. The van der Waals surface area contributed by atoms with Gasteiger partial charge in [-0.2, -0.15) is 5.10 Å². The first-order valence-electron chi connectivity index (χ1n) is 6.93. The van der Waals surface area contributed by atoms with Crippen molar-refractivity contribution in [3.8, 4) is 0 Å². The summed E-state index contributed by atoms with van der Waals surface area (Å²) in [6, 6.07) is 10.9. The highest BCUT2D eigenvalue weighted by molar-refractivity contribution is 5.99. The summed E-state index contributed by atoms with van der Waals surface area (Å²) in [6.07, 6.45) is 2.31. The van der Waals surface area contributed by atoms with Gasteiger partial charge in [-0.1, -0.05) is 25.1 Å². The van der Waals surface area contributed by atoms with Gasteiger partial charge >= 0.3 is 0 Å². The van der Waals surface area contributed by atoms with E-state index in [9.17, 15) is 8.78 Å². The third-order valence-corrected chi connectivity index (χ3v) is 3.34. The predicted octanol–water partition coefficient (Wildman–Crippen LogP) is 4.72. The van der Waals surface area contributed by atoms with Crippen molar-refractivity contribution in [2.45, 2.75) is 13.3 Å². The Morgan fingerprint density at radius 2 is 2.00 bits per heavy atom. The molecule has 0 fully saturated rings. The molecule has 0 spiro atoms. The largest absolute Gasteiger partial charge is 0.460 e. The molecule has 0 amide bonds. The Bertz CT molecular complexity index is 840. The van der Waals surface area contributed by atoms with E-state index in [4.69, 9.17) is 4.42 Å². The lowest BCUT2D eigenvalue weighted by Crippen LogP contribution is -1.95. The molecule has 0 atom stereocenters. The maximum absolute atomic E-state index is 13.5. The van der Waals surface area contributed by atoms with Crippen LogP contribution in [0.15, 0.2) is 52.0 Å². The Balaban J connectivity index is 1.89. The number of halogens is 2. The molecule has 0 aliphatic heterocycles. The minimum atomic E-state index is -0.690. The molecule has 0 radical (unpaired) electrons. The molecule has 1 heterocycles. The van der Waals surface area contributed by atoms with Crippen molar-refractivity contribution in [1.29, 1.82) is 0 Å². The van der Waals surface area contributed by atoms with Crippen molar-refractivity contribution < 1.29 is 13.2 Å². The highest BCUT2D eigenvalue weighted by Gasteiger charge is 2.10. The van der Waals surface area contributed by atoms with Crippen LogP contribution in [0.5, 0.6) is 0 Å². The van der Waals surface area contributed by atoms with E-state index >= 15 is 0 Å². The fourth-order valence-electron chi connectivity index (χ4n) is 2.27. The molecular weight excluding hydrogens is 286 g/mol. The van der Waals surface area contributed by atoms with Crippen LogP contribution in [0, 0.1) is 11.6 Å². The van der Waals surface area contributed by atoms with Gasteiger partial charge in [0.05, 0.1) is 11.9 Å². The molecule has 22 heavy (non-hydrogen) atoms. The number of anilines is 1. The van der Waals surface area contributed by atoms with E-state index in [0.29, 0.717) is 0 Å². The summed E-state index contributed by atoms with van der Waals surface area (Å²) < 4.78 is 32.1. The van der Waals surface area contributed by atoms with Gasteiger partial charge in [-0.05, 0) is 18.2 Å². The molecule has 0 saturated heterocycles. The van der Waals surface area contributed by atoms with E-state index in [2.05, 4.69) is 10.5 Å². The van der Waals surface area contributed by atoms with E-state index in [1.54, 1.807) is 6.21 Å². The van der Waals surface area contributed by atoms with Crippen LogP contribution in [-0.2, 0) is 6.42 Å². The molecule has 0 aliphatic rings. The van der Waals surface area contributed by atoms with Crippen molar-refractivity contribution in [3.05, 3.63) is 65.4 Å². The fourth-order valence-corrected chi connectivity index (χ4v) is 2.27. The van der Waals surface area contributed by atoms with E-state index in [1.165, 1.54) is 12.1 Å². The second-order valence-corrected chi connectivity index (χ2v) is 4.78. The number of hydrogen-bond donors (Lipinski definition) is 1. The van der Waals surface area contributed by atoms with E-state index in [0.717, 1.165) is 34.8 Å². The van der Waals surface area contributed by atoms with Crippen LogP contribution in [0.3, 0.4) is 0 Å². The summed E-state index contributed by atoms with van der Waals surface area (Å²) in [6.45, 7) is 1.99. The Kier molecular flexibility index (Phi) is 3.87. The molecule has 3 aromatic rings. The number of benzene rings is 2. The van der Waals surface area contributed by atoms with Crippen LogP contribution in [0.2, 0.25) is 0 Å². The average Bonchev–Trinajstić information content (AvgIpc) is 2.87. The first-order chi connectivity index (χ1) is 10.7. The molecule has 1 N–H and O–H groups in total. The van der Waals surface area contributed by atoms with Crippen LogP contribution in [0.25, 0.3) is 11.0 Å². The lowest BCUT2D eigenvalue weighted by atomic mass is 10.1. The first kappa shape index (κ1) is 14.3. The van der Waals surface area contributed by atoms with Gasteiger partial charge in [-0.25, -0.2) is 8.78 Å². The molecule has 5 heteroatoms. The zero-order valence-electron chi connectivity index (χ0n) is 11.9. The lowest BCUT2D eigenvalue weighted by molar-refractivity contribution is 0.556. The zero-order chi connectivity index (χ0) is 15.5. The van der Waals surface area contributed by atoms with Crippen molar-refractivity contribution in [2.24, 2.45) is 5.10 Å². The first-order valence-corrected chi connectivity index (χ1v) is 6.93. The molecule has 0 saturated carbocycles. The van der Waals surface area contributed by atoms with Gasteiger partial charge in [0.1, 0.15) is 17.2 Å². The summed E-state index contributed by atoms with van der Waals surface area (Å²) in [5.74, 6) is -0.502. The third kappa shape index (κ3) is 2.70. The van der Waals surface area contributed by atoms with Gasteiger partial charge in [0.15, 0.2) is 5.82 Å². The van der Waals surface area contributed by atoms with Crippen molar-refractivity contribution >= 4 is 22.9 Å². The number of hydrogen-bond acceptors (Lipinski definition) is 3. The molecule has 3 nitrogen and oxygen atoms in total. The number of nitrogens with one attached hydrogen (secondary N) is 1. The minimum absolute atomic E-state index is 0.114. The summed E-state index contributed by atoms with van der Waals surface area (Å²) in [4.78, 5) is 0. The Hall–Kier alpha value is -2.69. The number of fused-ring (bicyclic) bond motifs is 1. The quantitative estimate of drug-likeness (QED) is 0.559. The van der Waals surface area contributed by atoms with E-state index < -0.39 is 11.6 Å². The van der Waals surface area contributed by atoms with Crippen LogP contribution >= 0.6 is 0 Å². The summed E-state index contributed by atoms with van der Waals surface area (Å²) in [5, 5.41) is 4.98. The topological polar surface area (TPSA) is 37.5 Å². The molecule has 1 aromatic heterocycles. The molecule has 0 unspecified atom stereocenters. The molecule has 0 bridgehead atoms. The van der Waals surface area contributed by atoms with Crippen molar-refractivity contribution in [2.75, 3.05) is 5.43 Å². The molecular formula is C17H14F2N2O. The fraction of sp³-hybridized carbons (Fsp3) is 0.118. The Labute approximate surface area is 126 Å². The van der Waals surface area contributed by atoms with E-state index in [1.807, 2.05) is 31.2 Å². The van der Waals surface area contributed by atoms with Crippen LogP contribution in [0.4, 0.5) is 14.5 Å². The number of nitrogens with zero attached hydrogens (tertiary/aromatic N) is 1. The van der Waals surface area contributed by atoms with Gasteiger partial charge < -0.3 is 4.42 Å². The van der Waals surface area contributed by atoms with Gasteiger partial charge in [0.2, 0.25) is 0 Å². The monoisotopic (exact) mass is 300 g/mol. The van der Waals surface area contributed by atoms with Crippen molar-refractivity contribution in [1.82, 2.24) is 0 Å². The molecule has 2 aromatic carbocycles. The predicted molar refractivity (Wildman–Crippen MR) is 83.2 cm³/mol. The SMILES string of the molecule is CCc1oc2ccccc2c1/C=N\Nc1ccc(F)cc1F. The number of furan rings is 1. The van der Waals surface area contributed by atoms with Gasteiger partial charge in [0, 0.05) is 23.4 Å². The van der Waals surface area contributed by atoms with Gasteiger partial charge in [0.25, 0.3) is 0 Å². The Morgan fingerprint density at radius 1 is 1.18 bits per heavy atom. The molecule has 112 valence electrons. The second-order valence-electron chi connectivity index (χ2n) is 4.78. The summed E-state index contributed by atoms with van der Waals surface area (Å²) >= 11 is 0. The van der Waals surface area contributed by atoms with Crippen molar-refractivity contribution in [3.63, 3.8) is 0 Å².